The van der Waals surface area contributed by atoms with Gasteiger partial charge in [0.2, 0.25) is 0 Å². The molecule has 0 saturated heterocycles. The number of hydrogen-bond acceptors (Lipinski definition) is 2. The summed E-state index contributed by atoms with van der Waals surface area (Å²) in [6.45, 7) is 0. The standard InChI is InChI=1S/C10H9ClFNO2S/c1-16(15)9(6-11)10(14)13-8-4-2-7(12)3-5-8/h2-6H,1H3,(H,13,14)/b9-6-. The van der Waals surface area contributed by atoms with Crippen LogP contribution >= 0.6 is 11.6 Å². The average Bonchev–Trinajstić information content (AvgIpc) is 2.22. The highest BCUT2D eigenvalue weighted by Gasteiger charge is 2.12. The summed E-state index contributed by atoms with van der Waals surface area (Å²) < 4.78 is 23.7. The minimum atomic E-state index is -1.47. The Hall–Kier alpha value is -1.20. The highest BCUT2D eigenvalue weighted by atomic mass is 35.5. The molecule has 0 bridgehead atoms. The van der Waals surface area contributed by atoms with Gasteiger partial charge in [0.25, 0.3) is 5.91 Å². The van der Waals surface area contributed by atoms with Gasteiger partial charge in [0, 0.05) is 17.5 Å². The molecule has 1 unspecified atom stereocenters. The molecule has 0 saturated carbocycles. The van der Waals surface area contributed by atoms with Crippen LogP contribution in [-0.4, -0.2) is 16.4 Å². The lowest BCUT2D eigenvalue weighted by Gasteiger charge is -2.05. The fourth-order valence-corrected chi connectivity index (χ4v) is 1.88. The highest BCUT2D eigenvalue weighted by molar-refractivity contribution is 7.89. The summed E-state index contributed by atoms with van der Waals surface area (Å²) in [5.74, 6) is -0.965. The molecule has 1 atom stereocenters. The van der Waals surface area contributed by atoms with E-state index in [0.717, 1.165) is 5.54 Å². The van der Waals surface area contributed by atoms with E-state index < -0.39 is 22.5 Å². The van der Waals surface area contributed by atoms with Crippen LogP contribution in [0.5, 0.6) is 0 Å². The third-order valence-electron chi connectivity index (χ3n) is 1.73. The third-order valence-corrected chi connectivity index (χ3v) is 3.00. The van der Waals surface area contributed by atoms with Crippen molar-refractivity contribution < 1.29 is 13.4 Å². The SMILES string of the molecule is CS(=O)/C(=C\Cl)C(=O)Nc1ccc(F)cc1. The van der Waals surface area contributed by atoms with E-state index in [9.17, 15) is 13.4 Å². The Labute approximate surface area is 99.8 Å². The monoisotopic (exact) mass is 261 g/mol. The van der Waals surface area contributed by atoms with Crippen LogP contribution in [0.1, 0.15) is 0 Å². The summed E-state index contributed by atoms with van der Waals surface area (Å²) in [5.41, 5.74) is 1.38. The zero-order chi connectivity index (χ0) is 12.1. The maximum atomic E-state index is 12.6. The number of nitrogens with one attached hydrogen (secondary N) is 1. The molecule has 0 fully saturated rings. The number of anilines is 1. The summed E-state index contributed by atoms with van der Waals surface area (Å²) in [5, 5.41) is 2.45. The Morgan fingerprint density at radius 1 is 1.44 bits per heavy atom. The number of amides is 1. The molecule has 1 aromatic rings. The number of rotatable bonds is 3. The van der Waals surface area contributed by atoms with Crippen molar-refractivity contribution in [2.24, 2.45) is 0 Å². The van der Waals surface area contributed by atoms with Gasteiger partial charge < -0.3 is 5.32 Å². The lowest BCUT2D eigenvalue weighted by molar-refractivity contribution is -0.112. The van der Waals surface area contributed by atoms with Crippen LogP contribution in [0.4, 0.5) is 10.1 Å². The predicted molar refractivity (Wildman–Crippen MR) is 63.0 cm³/mol. The van der Waals surface area contributed by atoms with Gasteiger partial charge >= 0.3 is 0 Å². The van der Waals surface area contributed by atoms with Crippen molar-refractivity contribution in [1.82, 2.24) is 0 Å². The van der Waals surface area contributed by atoms with Gasteiger partial charge in [0.05, 0.1) is 10.8 Å². The van der Waals surface area contributed by atoms with Crippen molar-refractivity contribution in [2.75, 3.05) is 11.6 Å². The van der Waals surface area contributed by atoms with Gasteiger partial charge in [-0.1, -0.05) is 11.6 Å². The van der Waals surface area contributed by atoms with Crippen LogP contribution in [0.3, 0.4) is 0 Å². The van der Waals surface area contributed by atoms with E-state index in [0.29, 0.717) is 5.69 Å². The fraction of sp³-hybridized carbons (Fsp3) is 0.100. The van der Waals surface area contributed by atoms with Gasteiger partial charge in [-0.3, -0.25) is 9.00 Å². The Morgan fingerprint density at radius 2 is 2.00 bits per heavy atom. The lowest BCUT2D eigenvalue weighted by Crippen LogP contribution is -2.16. The largest absolute Gasteiger partial charge is 0.321 e. The molecule has 6 heteroatoms. The van der Waals surface area contributed by atoms with E-state index in [1.165, 1.54) is 30.5 Å². The maximum Gasteiger partial charge on any atom is 0.265 e. The smallest absolute Gasteiger partial charge is 0.265 e. The molecule has 0 radical (unpaired) electrons. The molecule has 0 heterocycles. The van der Waals surface area contributed by atoms with Gasteiger partial charge in [-0.05, 0) is 24.3 Å². The first kappa shape index (κ1) is 12.9. The maximum absolute atomic E-state index is 12.6. The molecule has 16 heavy (non-hydrogen) atoms. The topological polar surface area (TPSA) is 46.2 Å². The molecule has 0 aliphatic carbocycles. The Bertz CT molecular complexity index is 445. The summed E-state index contributed by atoms with van der Waals surface area (Å²) in [6.07, 6.45) is 1.35. The van der Waals surface area contributed by atoms with Crippen LogP contribution in [0.15, 0.2) is 34.7 Å². The summed E-state index contributed by atoms with van der Waals surface area (Å²) in [7, 11) is -1.47. The van der Waals surface area contributed by atoms with E-state index in [4.69, 9.17) is 11.6 Å². The molecule has 86 valence electrons. The Kier molecular flexibility index (Phi) is 4.64. The minimum absolute atomic E-state index is 0.0361. The molecule has 3 nitrogen and oxygen atoms in total. The van der Waals surface area contributed by atoms with Gasteiger partial charge in [0.1, 0.15) is 10.7 Å². The zero-order valence-electron chi connectivity index (χ0n) is 8.37. The van der Waals surface area contributed by atoms with Crippen molar-refractivity contribution in [2.45, 2.75) is 0 Å². The van der Waals surface area contributed by atoms with E-state index in [2.05, 4.69) is 5.32 Å². The van der Waals surface area contributed by atoms with Crippen LogP contribution in [-0.2, 0) is 15.6 Å². The first-order chi connectivity index (χ1) is 7.54. The van der Waals surface area contributed by atoms with Crippen LogP contribution in [0.2, 0.25) is 0 Å². The highest BCUT2D eigenvalue weighted by Crippen LogP contribution is 2.11. The second kappa shape index (κ2) is 5.77. The van der Waals surface area contributed by atoms with E-state index in [1.807, 2.05) is 0 Å². The predicted octanol–water partition coefficient (Wildman–Crippen LogP) is 2.22. The number of benzene rings is 1. The fourth-order valence-electron chi connectivity index (χ4n) is 0.969. The minimum Gasteiger partial charge on any atom is -0.321 e. The molecule has 0 aromatic heterocycles. The molecule has 1 rings (SSSR count). The lowest BCUT2D eigenvalue weighted by atomic mass is 10.3. The number of hydrogen-bond donors (Lipinski definition) is 1. The zero-order valence-corrected chi connectivity index (χ0v) is 9.94. The van der Waals surface area contributed by atoms with Gasteiger partial charge in [-0.25, -0.2) is 4.39 Å². The third kappa shape index (κ3) is 3.43. The molecule has 1 aromatic carbocycles. The van der Waals surface area contributed by atoms with Crippen molar-refractivity contribution in [3.05, 3.63) is 40.5 Å². The van der Waals surface area contributed by atoms with Crippen molar-refractivity contribution in [3.63, 3.8) is 0 Å². The van der Waals surface area contributed by atoms with Crippen molar-refractivity contribution in [3.8, 4) is 0 Å². The normalized spacial score (nSPS) is 13.3. The molecule has 0 aliphatic heterocycles. The molecule has 0 spiro atoms. The van der Waals surface area contributed by atoms with Crippen molar-refractivity contribution >= 4 is 34.0 Å². The quantitative estimate of drug-likeness (QED) is 0.848. The molecule has 0 aliphatic rings. The number of carbonyl (C=O) groups is 1. The van der Waals surface area contributed by atoms with Gasteiger partial charge in [-0.15, -0.1) is 0 Å². The average molecular weight is 262 g/mol. The van der Waals surface area contributed by atoms with Crippen LogP contribution in [0.25, 0.3) is 0 Å². The van der Waals surface area contributed by atoms with Crippen LogP contribution < -0.4 is 5.32 Å². The molecule has 1 N–H and O–H groups in total. The first-order valence-electron chi connectivity index (χ1n) is 4.25. The molecular formula is C10H9ClFNO2S. The van der Waals surface area contributed by atoms with E-state index in [1.54, 1.807) is 0 Å². The summed E-state index contributed by atoms with van der Waals surface area (Å²) >= 11 is 5.37. The van der Waals surface area contributed by atoms with E-state index >= 15 is 0 Å². The van der Waals surface area contributed by atoms with E-state index in [-0.39, 0.29) is 4.91 Å². The number of halogens is 2. The Morgan fingerprint density at radius 3 is 2.44 bits per heavy atom. The second-order valence-corrected chi connectivity index (χ2v) is 4.45. The first-order valence-corrected chi connectivity index (χ1v) is 6.24. The molecule has 1 amide bonds. The summed E-state index contributed by atoms with van der Waals surface area (Å²) in [6, 6.07) is 5.22. The number of carbonyl (C=O) groups excluding carboxylic acids is 1. The Balaban J connectivity index is 2.78. The van der Waals surface area contributed by atoms with Gasteiger partial charge in [-0.2, -0.15) is 0 Å². The second-order valence-electron chi connectivity index (χ2n) is 2.89. The molecular weight excluding hydrogens is 253 g/mol. The van der Waals surface area contributed by atoms with Crippen molar-refractivity contribution in [1.29, 1.82) is 0 Å². The van der Waals surface area contributed by atoms with Crippen LogP contribution in [0, 0.1) is 5.82 Å². The summed E-state index contributed by atoms with van der Waals surface area (Å²) in [4.78, 5) is 11.5. The van der Waals surface area contributed by atoms with Gasteiger partial charge in [0.15, 0.2) is 0 Å².